The summed E-state index contributed by atoms with van der Waals surface area (Å²) in [7, 11) is 0. The van der Waals surface area contributed by atoms with Crippen LogP contribution >= 0.6 is 23.1 Å². The Morgan fingerprint density at radius 1 is 1.21 bits per heavy atom. The first-order valence-corrected chi connectivity index (χ1v) is 8.19. The van der Waals surface area contributed by atoms with Gasteiger partial charge in [-0.3, -0.25) is 0 Å². The molecule has 0 aliphatic heterocycles. The van der Waals surface area contributed by atoms with E-state index < -0.39 is 0 Å². The molecule has 0 saturated carbocycles. The molecule has 2 N–H and O–H groups in total. The van der Waals surface area contributed by atoms with Crippen LogP contribution in [0.5, 0.6) is 0 Å². The van der Waals surface area contributed by atoms with Crippen LogP contribution in [0, 0.1) is 5.82 Å². The molecule has 2 rings (SSSR count). The molecule has 0 amide bonds. The quantitative estimate of drug-likeness (QED) is 0.812. The lowest BCUT2D eigenvalue weighted by atomic mass is 10.2. The van der Waals surface area contributed by atoms with Crippen LogP contribution in [0.4, 0.5) is 4.39 Å². The largest absolute Gasteiger partial charge is 0.327 e. The van der Waals surface area contributed by atoms with E-state index in [1.807, 2.05) is 17.4 Å². The molecule has 1 aromatic carbocycles. The molecule has 0 aliphatic carbocycles. The summed E-state index contributed by atoms with van der Waals surface area (Å²) in [4.78, 5) is 3.39. The zero-order valence-electron chi connectivity index (χ0n) is 10.9. The van der Waals surface area contributed by atoms with Crippen molar-refractivity contribution in [2.45, 2.75) is 30.7 Å². The number of halogens is 1. The van der Waals surface area contributed by atoms with Crippen molar-refractivity contribution in [2.75, 3.05) is 5.75 Å². The number of aryl methyl sites for hydroxylation is 1. The normalized spacial score (nSPS) is 12.6. The maximum absolute atomic E-state index is 13.5. The molecular formula is C15H18FNS2. The topological polar surface area (TPSA) is 26.0 Å². The van der Waals surface area contributed by atoms with E-state index in [2.05, 4.69) is 19.1 Å². The van der Waals surface area contributed by atoms with Gasteiger partial charge in [0.05, 0.1) is 0 Å². The van der Waals surface area contributed by atoms with Gasteiger partial charge in [0.2, 0.25) is 0 Å². The van der Waals surface area contributed by atoms with E-state index in [0.717, 1.165) is 18.6 Å². The first-order chi connectivity index (χ1) is 9.19. The van der Waals surface area contributed by atoms with Gasteiger partial charge in [-0.1, -0.05) is 19.1 Å². The standard InChI is InChI=1S/C15H18FNS2/c1-2-12-7-8-13(19-12)9-11(17)10-18-15-6-4-3-5-14(15)16/h3-8,11H,2,9-10,17H2,1H3. The molecule has 0 spiro atoms. The number of thiophene rings is 1. The van der Waals surface area contributed by atoms with Gasteiger partial charge in [0.25, 0.3) is 0 Å². The smallest absolute Gasteiger partial charge is 0.136 e. The summed E-state index contributed by atoms with van der Waals surface area (Å²) >= 11 is 3.31. The van der Waals surface area contributed by atoms with E-state index in [0.29, 0.717) is 4.90 Å². The predicted octanol–water partition coefficient (Wildman–Crippen LogP) is 4.11. The Morgan fingerprint density at radius 3 is 2.63 bits per heavy atom. The second-order valence-electron chi connectivity index (χ2n) is 4.43. The molecule has 0 fully saturated rings. The van der Waals surface area contributed by atoms with Crippen LogP contribution in [-0.2, 0) is 12.8 Å². The molecular weight excluding hydrogens is 277 g/mol. The fourth-order valence-electron chi connectivity index (χ4n) is 1.80. The summed E-state index contributed by atoms with van der Waals surface area (Å²) < 4.78 is 13.5. The van der Waals surface area contributed by atoms with Crippen molar-refractivity contribution in [3.63, 3.8) is 0 Å². The number of benzene rings is 1. The third kappa shape index (κ3) is 4.34. The highest BCUT2D eigenvalue weighted by Gasteiger charge is 2.09. The number of rotatable bonds is 6. The second kappa shape index (κ2) is 7.08. The minimum absolute atomic E-state index is 0.0629. The van der Waals surface area contributed by atoms with Crippen LogP contribution < -0.4 is 5.73 Å². The van der Waals surface area contributed by atoms with E-state index in [4.69, 9.17) is 5.73 Å². The Bertz CT molecular complexity index is 524. The lowest BCUT2D eigenvalue weighted by Crippen LogP contribution is -2.25. The Labute approximate surface area is 122 Å². The summed E-state index contributed by atoms with van der Waals surface area (Å²) in [6.07, 6.45) is 1.94. The van der Waals surface area contributed by atoms with Gasteiger partial charge in [0.1, 0.15) is 5.82 Å². The highest BCUT2D eigenvalue weighted by atomic mass is 32.2. The van der Waals surface area contributed by atoms with Gasteiger partial charge in [-0.25, -0.2) is 4.39 Å². The first kappa shape index (κ1) is 14.6. The average molecular weight is 295 g/mol. The number of thioether (sulfide) groups is 1. The maximum atomic E-state index is 13.5. The van der Waals surface area contributed by atoms with Crippen molar-refractivity contribution in [3.05, 3.63) is 52.0 Å². The zero-order valence-corrected chi connectivity index (χ0v) is 12.6. The molecule has 0 radical (unpaired) electrons. The van der Waals surface area contributed by atoms with E-state index in [-0.39, 0.29) is 11.9 Å². The van der Waals surface area contributed by atoms with Crippen LogP contribution in [0.2, 0.25) is 0 Å². The zero-order chi connectivity index (χ0) is 13.7. The molecule has 2 aromatic rings. The summed E-state index contributed by atoms with van der Waals surface area (Å²) in [6.45, 7) is 2.16. The Hall–Kier alpha value is -0.840. The molecule has 102 valence electrons. The Balaban J connectivity index is 1.84. The highest BCUT2D eigenvalue weighted by Crippen LogP contribution is 2.23. The lowest BCUT2D eigenvalue weighted by Gasteiger charge is -2.10. The molecule has 1 unspecified atom stereocenters. The Morgan fingerprint density at radius 2 is 1.95 bits per heavy atom. The number of hydrogen-bond donors (Lipinski definition) is 1. The molecule has 1 heterocycles. The third-order valence-corrected chi connectivity index (χ3v) is 5.31. The molecule has 1 nitrogen and oxygen atoms in total. The highest BCUT2D eigenvalue weighted by molar-refractivity contribution is 7.99. The second-order valence-corrected chi connectivity index (χ2v) is 6.74. The summed E-state index contributed by atoms with van der Waals surface area (Å²) in [5.41, 5.74) is 6.12. The fraction of sp³-hybridized carbons (Fsp3) is 0.333. The van der Waals surface area contributed by atoms with Crippen LogP contribution in [0.15, 0.2) is 41.3 Å². The average Bonchev–Trinajstić information content (AvgIpc) is 2.85. The van der Waals surface area contributed by atoms with Gasteiger partial charge in [-0.05, 0) is 37.1 Å². The van der Waals surface area contributed by atoms with E-state index in [1.54, 1.807) is 12.1 Å². The maximum Gasteiger partial charge on any atom is 0.136 e. The molecule has 1 atom stereocenters. The molecule has 4 heteroatoms. The van der Waals surface area contributed by atoms with Crippen LogP contribution in [-0.4, -0.2) is 11.8 Å². The van der Waals surface area contributed by atoms with Crippen molar-refractivity contribution in [2.24, 2.45) is 5.73 Å². The molecule has 1 aromatic heterocycles. The molecule has 19 heavy (non-hydrogen) atoms. The summed E-state index contributed by atoms with van der Waals surface area (Å²) in [5, 5.41) is 0. The van der Waals surface area contributed by atoms with Gasteiger partial charge in [0, 0.05) is 26.4 Å². The van der Waals surface area contributed by atoms with Crippen molar-refractivity contribution in [1.29, 1.82) is 0 Å². The van der Waals surface area contributed by atoms with Crippen LogP contribution in [0.1, 0.15) is 16.7 Å². The van der Waals surface area contributed by atoms with Gasteiger partial charge in [-0.15, -0.1) is 23.1 Å². The minimum Gasteiger partial charge on any atom is -0.327 e. The monoisotopic (exact) mass is 295 g/mol. The van der Waals surface area contributed by atoms with Crippen molar-refractivity contribution in [1.82, 2.24) is 0 Å². The van der Waals surface area contributed by atoms with Crippen molar-refractivity contribution >= 4 is 23.1 Å². The van der Waals surface area contributed by atoms with Gasteiger partial charge < -0.3 is 5.73 Å². The first-order valence-electron chi connectivity index (χ1n) is 6.39. The van der Waals surface area contributed by atoms with Gasteiger partial charge in [-0.2, -0.15) is 0 Å². The number of hydrogen-bond acceptors (Lipinski definition) is 3. The van der Waals surface area contributed by atoms with Crippen LogP contribution in [0.3, 0.4) is 0 Å². The van der Waals surface area contributed by atoms with Crippen molar-refractivity contribution < 1.29 is 4.39 Å². The van der Waals surface area contributed by atoms with Gasteiger partial charge in [0.15, 0.2) is 0 Å². The van der Waals surface area contributed by atoms with E-state index in [1.165, 1.54) is 27.6 Å². The lowest BCUT2D eigenvalue weighted by molar-refractivity contribution is 0.601. The summed E-state index contributed by atoms with van der Waals surface area (Å²) in [6, 6.07) is 11.2. The van der Waals surface area contributed by atoms with Crippen molar-refractivity contribution in [3.8, 4) is 0 Å². The Kier molecular flexibility index (Phi) is 5.43. The fourth-order valence-corrected chi connectivity index (χ4v) is 3.74. The summed E-state index contributed by atoms with van der Waals surface area (Å²) in [5.74, 6) is 0.574. The molecule has 0 saturated heterocycles. The van der Waals surface area contributed by atoms with Gasteiger partial charge >= 0.3 is 0 Å². The van der Waals surface area contributed by atoms with E-state index >= 15 is 0 Å². The molecule has 0 bridgehead atoms. The SMILES string of the molecule is CCc1ccc(CC(N)CSc2ccccc2F)s1. The number of nitrogens with two attached hydrogens (primary N) is 1. The molecule has 0 aliphatic rings. The third-order valence-electron chi connectivity index (χ3n) is 2.82. The van der Waals surface area contributed by atoms with Crippen LogP contribution in [0.25, 0.3) is 0 Å². The minimum atomic E-state index is -0.163. The predicted molar refractivity (Wildman–Crippen MR) is 82.5 cm³/mol. The van der Waals surface area contributed by atoms with E-state index in [9.17, 15) is 4.39 Å².